The lowest BCUT2D eigenvalue weighted by Gasteiger charge is -2.38. The topological polar surface area (TPSA) is 3.24 Å². The van der Waals surface area contributed by atoms with Gasteiger partial charge in [-0.1, -0.05) is 41.5 Å². The van der Waals surface area contributed by atoms with Crippen molar-refractivity contribution in [2.24, 2.45) is 5.41 Å². The van der Waals surface area contributed by atoms with Crippen molar-refractivity contribution in [2.45, 2.75) is 80.7 Å². The SMILES string of the molecule is C.CC(C)(C)C.CC(C)(C)N1CCCCC1. The van der Waals surface area contributed by atoms with Crippen molar-refractivity contribution < 1.29 is 0 Å². The molecule has 1 aliphatic heterocycles. The minimum atomic E-state index is 0. The molecule has 0 aromatic carbocycles. The monoisotopic (exact) mass is 229 g/mol. The van der Waals surface area contributed by atoms with Crippen LogP contribution in [0.1, 0.15) is 75.2 Å². The molecule has 0 atom stereocenters. The predicted octanol–water partition coefficient (Wildman–Crippen LogP) is 4.96. The first-order valence-corrected chi connectivity index (χ1v) is 6.36. The number of nitrogens with zero attached hydrogens (tertiary/aromatic N) is 1. The highest BCUT2D eigenvalue weighted by Gasteiger charge is 2.21. The van der Waals surface area contributed by atoms with Crippen LogP contribution in [0.4, 0.5) is 0 Å². The molecule has 0 aromatic heterocycles. The van der Waals surface area contributed by atoms with E-state index in [0.717, 1.165) is 0 Å². The average molecular weight is 229 g/mol. The molecular formula is C15H35N. The fraction of sp³-hybridized carbons (Fsp3) is 1.00. The van der Waals surface area contributed by atoms with Gasteiger partial charge in [0.05, 0.1) is 0 Å². The van der Waals surface area contributed by atoms with Gasteiger partial charge in [0, 0.05) is 5.54 Å². The van der Waals surface area contributed by atoms with E-state index in [0.29, 0.717) is 11.0 Å². The summed E-state index contributed by atoms with van der Waals surface area (Å²) in [7, 11) is 0. The van der Waals surface area contributed by atoms with Crippen LogP contribution >= 0.6 is 0 Å². The zero-order valence-corrected chi connectivity index (χ0v) is 12.0. The van der Waals surface area contributed by atoms with Crippen molar-refractivity contribution in [1.29, 1.82) is 0 Å². The maximum atomic E-state index is 2.58. The molecule has 0 amide bonds. The number of rotatable bonds is 0. The maximum Gasteiger partial charge on any atom is 0.0125 e. The summed E-state index contributed by atoms with van der Waals surface area (Å²) in [6, 6.07) is 0. The van der Waals surface area contributed by atoms with E-state index in [9.17, 15) is 0 Å². The third-order valence-electron chi connectivity index (χ3n) is 2.30. The van der Waals surface area contributed by atoms with Crippen molar-refractivity contribution in [2.75, 3.05) is 13.1 Å². The molecule has 0 aliphatic carbocycles. The van der Waals surface area contributed by atoms with Crippen molar-refractivity contribution in [3.63, 3.8) is 0 Å². The molecule has 0 unspecified atom stereocenters. The van der Waals surface area contributed by atoms with E-state index in [1.807, 2.05) is 0 Å². The van der Waals surface area contributed by atoms with Gasteiger partial charge in [-0.05, 0) is 52.1 Å². The highest BCUT2D eigenvalue weighted by Crippen LogP contribution is 2.19. The van der Waals surface area contributed by atoms with Crippen LogP contribution in [0, 0.1) is 5.41 Å². The Labute approximate surface area is 105 Å². The van der Waals surface area contributed by atoms with Crippen LogP contribution < -0.4 is 0 Å². The lowest BCUT2D eigenvalue weighted by atomic mass is 10.0. The molecule has 1 heteroatoms. The minimum Gasteiger partial charge on any atom is -0.298 e. The molecule has 0 N–H and O–H groups in total. The van der Waals surface area contributed by atoms with Crippen molar-refractivity contribution in [1.82, 2.24) is 4.90 Å². The fourth-order valence-corrected chi connectivity index (χ4v) is 1.56. The van der Waals surface area contributed by atoms with Gasteiger partial charge in [0.1, 0.15) is 0 Å². The van der Waals surface area contributed by atoms with Gasteiger partial charge in [0.15, 0.2) is 0 Å². The predicted molar refractivity (Wildman–Crippen MR) is 77.0 cm³/mol. The molecular weight excluding hydrogens is 194 g/mol. The standard InChI is InChI=1S/C9H19N.C5H12.CH4/c1-9(2,3)10-7-5-4-6-8-10;1-5(2,3)4;/h4-8H2,1-3H3;1-4H3;1H4. The van der Waals surface area contributed by atoms with E-state index >= 15 is 0 Å². The molecule has 1 rings (SSSR count). The normalized spacial score (nSPS) is 18.2. The average Bonchev–Trinajstić information content (AvgIpc) is 2.01. The largest absolute Gasteiger partial charge is 0.298 e. The molecule has 1 nitrogen and oxygen atoms in total. The van der Waals surface area contributed by atoms with Crippen LogP contribution in [0.2, 0.25) is 0 Å². The molecule has 0 bridgehead atoms. The molecule has 0 spiro atoms. The molecule has 0 saturated carbocycles. The number of hydrogen-bond acceptors (Lipinski definition) is 1. The highest BCUT2D eigenvalue weighted by atomic mass is 15.2. The summed E-state index contributed by atoms with van der Waals surface area (Å²) in [6.07, 6.45) is 4.24. The highest BCUT2D eigenvalue weighted by molar-refractivity contribution is 4.78. The Bertz CT molecular complexity index is 147. The smallest absolute Gasteiger partial charge is 0.0125 e. The summed E-state index contributed by atoms with van der Waals surface area (Å²) in [5, 5.41) is 0. The minimum absolute atomic E-state index is 0. The Hall–Kier alpha value is -0.0400. The summed E-state index contributed by atoms with van der Waals surface area (Å²) in [5.41, 5.74) is 0.903. The van der Waals surface area contributed by atoms with E-state index in [-0.39, 0.29) is 7.43 Å². The van der Waals surface area contributed by atoms with Crippen LogP contribution in [-0.4, -0.2) is 23.5 Å². The van der Waals surface area contributed by atoms with Crippen molar-refractivity contribution >= 4 is 0 Å². The molecule has 0 aromatic rings. The summed E-state index contributed by atoms with van der Waals surface area (Å²) < 4.78 is 0. The number of piperidine rings is 1. The van der Waals surface area contributed by atoms with E-state index in [1.165, 1.54) is 32.4 Å². The molecule has 100 valence electrons. The number of likely N-dealkylation sites (tertiary alicyclic amines) is 1. The lowest BCUT2D eigenvalue weighted by Crippen LogP contribution is -2.44. The second-order valence-corrected chi connectivity index (χ2v) is 7.22. The molecule has 1 aliphatic rings. The van der Waals surface area contributed by atoms with Gasteiger partial charge in [0.2, 0.25) is 0 Å². The van der Waals surface area contributed by atoms with Crippen molar-refractivity contribution in [3.05, 3.63) is 0 Å². The Morgan fingerprint density at radius 1 is 0.688 bits per heavy atom. The Morgan fingerprint density at radius 2 is 1.00 bits per heavy atom. The van der Waals surface area contributed by atoms with Gasteiger partial charge in [0.25, 0.3) is 0 Å². The summed E-state index contributed by atoms with van der Waals surface area (Å²) >= 11 is 0. The van der Waals surface area contributed by atoms with Gasteiger partial charge in [-0.25, -0.2) is 0 Å². The first-order valence-electron chi connectivity index (χ1n) is 6.36. The number of hydrogen-bond donors (Lipinski definition) is 0. The first-order chi connectivity index (χ1) is 6.61. The van der Waals surface area contributed by atoms with Crippen LogP contribution in [0.15, 0.2) is 0 Å². The Kier molecular flexibility index (Phi) is 8.38. The first kappa shape index (κ1) is 18.3. The molecule has 16 heavy (non-hydrogen) atoms. The third-order valence-corrected chi connectivity index (χ3v) is 2.30. The quantitative estimate of drug-likeness (QED) is 0.567. The zero-order chi connectivity index (χ0) is 12.1. The van der Waals surface area contributed by atoms with E-state index in [1.54, 1.807) is 0 Å². The van der Waals surface area contributed by atoms with Gasteiger partial charge >= 0.3 is 0 Å². The lowest BCUT2D eigenvalue weighted by molar-refractivity contribution is 0.111. The van der Waals surface area contributed by atoms with Crippen LogP contribution in [0.3, 0.4) is 0 Å². The van der Waals surface area contributed by atoms with E-state index in [2.05, 4.69) is 53.4 Å². The van der Waals surface area contributed by atoms with Crippen LogP contribution in [0.25, 0.3) is 0 Å². The Balaban J connectivity index is 0. The van der Waals surface area contributed by atoms with Gasteiger partial charge in [-0.3, -0.25) is 4.90 Å². The van der Waals surface area contributed by atoms with Gasteiger partial charge < -0.3 is 0 Å². The molecule has 0 radical (unpaired) electrons. The van der Waals surface area contributed by atoms with Crippen LogP contribution in [-0.2, 0) is 0 Å². The molecule has 1 saturated heterocycles. The van der Waals surface area contributed by atoms with Gasteiger partial charge in [-0.15, -0.1) is 0 Å². The summed E-state index contributed by atoms with van der Waals surface area (Å²) in [6.45, 7) is 18.3. The third kappa shape index (κ3) is 12.0. The zero-order valence-electron chi connectivity index (χ0n) is 12.0. The van der Waals surface area contributed by atoms with Gasteiger partial charge in [-0.2, -0.15) is 0 Å². The molecule has 1 fully saturated rings. The summed E-state index contributed by atoms with van der Waals surface area (Å²) in [5.74, 6) is 0. The summed E-state index contributed by atoms with van der Waals surface area (Å²) in [4.78, 5) is 2.58. The second-order valence-electron chi connectivity index (χ2n) is 7.22. The maximum absolute atomic E-state index is 2.58. The molecule has 1 heterocycles. The Morgan fingerprint density at radius 3 is 1.19 bits per heavy atom. The second kappa shape index (κ2) is 7.32. The van der Waals surface area contributed by atoms with Crippen molar-refractivity contribution in [3.8, 4) is 0 Å². The van der Waals surface area contributed by atoms with E-state index < -0.39 is 0 Å². The van der Waals surface area contributed by atoms with Crippen LogP contribution in [0.5, 0.6) is 0 Å². The fourth-order valence-electron chi connectivity index (χ4n) is 1.56. The van der Waals surface area contributed by atoms with E-state index in [4.69, 9.17) is 0 Å².